The van der Waals surface area contributed by atoms with E-state index in [9.17, 15) is 22.8 Å². The first-order chi connectivity index (χ1) is 14.8. The van der Waals surface area contributed by atoms with Gasteiger partial charge in [-0.15, -0.1) is 4.40 Å². The molecule has 0 fully saturated rings. The number of rotatable bonds is 7. The fourth-order valence-electron chi connectivity index (χ4n) is 2.88. The average molecular weight is 447 g/mol. The maximum Gasteiger partial charge on any atom is 0.340 e. The second kappa shape index (κ2) is 9.56. The van der Waals surface area contributed by atoms with E-state index in [4.69, 9.17) is 9.47 Å². The lowest BCUT2D eigenvalue weighted by Gasteiger charge is -2.26. The highest BCUT2D eigenvalue weighted by molar-refractivity contribution is 7.90. The summed E-state index contributed by atoms with van der Waals surface area (Å²) in [4.78, 5) is 39.7. The van der Waals surface area contributed by atoms with Crippen LogP contribution in [0.25, 0.3) is 0 Å². The van der Waals surface area contributed by atoms with Gasteiger partial charge in [0.25, 0.3) is 15.9 Å². The van der Waals surface area contributed by atoms with E-state index in [1.807, 2.05) is 0 Å². The zero-order valence-corrected chi connectivity index (χ0v) is 17.6. The molecule has 2 heterocycles. The molecule has 11 heteroatoms. The van der Waals surface area contributed by atoms with E-state index >= 15 is 0 Å². The van der Waals surface area contributed by atoms with Gasteiger partial charge in [0, 0.05) is 18.4 Å². The summed E-state index contributed by atoms with van der Waals surface area (Å²) < 4.78 is 36.8. The van der Waals surface area contributed by atoms with Crippen molar-refractivity contribution in [1.29, 1.82) is 0 Å². The molecule has 2 aliphatic rings. The van der Waals surface area contributed by atoms with Crippen LogP contribution in [0.2, 0.25) is 0 Å². The summed E-state index contributed by atoms with van der Waals surface area (Å²) in [6.45, 7) is 1.08. The Hall–Kier alpha value is -3.47. The highest BCUT2D eigenvalue weighted by Gasteiger charge is 2.26. The minimum Gasteiger partial charge on any atom is -0.465 e. The van der Waals surface area contributed by atoms with Gasteiger partial charge < -0.3 is 14.4 Å². The molecule has 164 valence electrons. The van der Waals surface area contributed by atoms with Gasteiger partial charge in [0.15, 0.2) is 6.61 Å². The number of amides is 1. The maximum atomic E-state index is 12.7. The number of anilines is 1. The highest BCUT2D eigenvalue weighted by Crippen LogP contribution is 2.17. The predicted molar refractivity (Wildman–Crippen MR) is 112 cm³/mol. The van der Waals surface area contributed by atoms with Crippen LogP contribution in [-0.4, -0.2) is 69.1 Å². The number of hydrogen-bond donors (Lipinski definition) is 0. The van der Waals surface area contributed by atoms with Gasteiger partial charge in [0.05, 0.1) is 17.9 Å². The van der Waals surface area contributed by atoms with Crippen LogP contribution in [0, 0.1) is 0 Å². The number of hydrogen-bond acceptors (Lipinski definition) is 8. The molecule has 0 unspecified atom stereocenters. The predicted octanol–water partition coefficient (Wildman–Crippen LogP) is 0.624. The minimum absolute atomic E-state index is 0.141. The SMILES string of the molecule is CCOC(=O)CN(C(=O)COC(=O)C1=CN2CCS(=O)(=O)N=C2C=C1)c1ccccc1. The second-order valence-corrected chi connectivity index (χ2v) is 8.30. The monoisotopic (exact) mass is 447 g/mol. The van der Waals surface area contributed by atoms with E-state index in [0.717, 1.165) is 0 Å². The zero-order chi connectivity index (χ0) is 22.4. The molecule has 1 aromatic carbocycles. The summed E-state index contributed by atoms with van der Waals surface area (Å²) in [7, 11) is -3.50. The van der Waals surface area contributed by atoms with Crippen molar-refractivity contribution in [2.24, 2.45) is 4.40 Å². The Bertz CT molecular complexity index is 1060. The lowest BCUT2D eigenvalue weighted by atomic mass is 10.2. The van der Waals surface area contributed by atoms with Crippen LogP contribution >= 0.6 is 0 Å². The van der Waals surface area contributed by atoms with E-state index < -0.39 is 34.5 Å². The Balaban J connectivity index is 1.65. The summed E-state index contributed by atoms with van der Waals surface area (Å²) >= 11 is 0. The van der Waals surface area contributed by atoms with Gasteiger partial charge in [0.2, 0.25) is 0 Å². The number of amidine groups is 1. The number of ether oxygens (including phenoxy) is 2. The van der Waals surface area contributed by atoms with Crippen LogP contribution in [-0.2, 0) is 33.9 Å². The van der Waals surface area contributed by atoms with Gasteiger partial charge in [-0.3, -0.25) is 14.5 Å². The molecule has 0 radical (unpaired) electrons. The third kappa shape index (κ3) is 5.79. The van der Waals surface area contributed by atoms with Crippen molar-refractivity contribution in [3.05, 3.63) is 54.3 Å². The van der Waals surface area contributed by atoms with Crippen molar-refractivity contribution < 1.29 is 32.3 Å². The Kier molecular flexibility index (Phi) is 6.85. The Morgan fingerprint density at radius 2 is 1.87 bits per heavy atom. The van der Waals surface area contributed by atoms with Crippen LogP contribution < -0.4 is 4.90 Å². The Labute approximate surface area is 179 Å². The maximum absolute atomic E-state index is 12.7. The summed E-state index contributed by atoms with van der Waals surface area (Å²) in [6, 6.07) is 8.49. The van der Waals surface area contributed by atoms with E-state index in [2.05, 4.69) is 4.40 Å². The molecule has 1 aromatic rings. The molecule has 0 aliphatic carbocycles. The number of sulfonamides is 1. The van der Waals surface area contributed by atoms with Crippen molar-refractivity contribution in [3.63, 3.8) is 0 Å². The summed E-state index contributed by atoms with van der Waals surface area (Å²) in [6.07, 6.45) is 4.19. The lowest BCUT2D eigenvalue weighted by molar-refractivity contribution is -0.145. The molecule has 0 atom stereocenters. The number of benzene rings is 1. The second-order valence-electron chi connectivity index (χ2n) is 6.54. The molecule has 0 aromatic heterocycles. The molecule has 0 saturated heterocycles. The first kappa shape index (κ1) is 22.2. The van der Waals surface area contributed by atoms with E-state index in [-0.39, 0.29) is 36.9 Å². The van der Waals surface area contributed by atoms with E-state index in [1.165, 1.54) is 28.2 Å². The Morgan fingerprint density at radius 1 is 1.13 bits per heavy atom. The fraction of sp³-hybridized carbons (Fsp3) is 0.300. The van der Waals surface area contributed by atoms with Gasteiger partial charge >= 0.3 is 11.9 Å². The summed E-state index contributed by atoms with van der Waals surface area (Å²) in [5.74, 6) is -1.90. The van der Waals surface area contributed by atoms with Crippen molar-refractivity contribution in [3.8, 4) is 0 Å². The standard InChI is InChI=1S/C20H21N3O7S/c1-2-29-19(25)13-23(16-6-4-3-5-7-16)18(24)14-30-20(26)15-8-9-17-21-31(27,28)11-10-22(17)12-15/h3-9,12H,2,10-11,13-14H2,1H3. The van der Waals surface area contributed by atoms with E-state index in [1.54, 1.807) is 37.3 Å². The number of carbonyl (C=O) groups is 3. The first-order valence-electron chi connectivity index (χ1n) is 9.46. The summed E-state index contributed by atoms with van der Waals surface area (Å²) in [5.41, 5.74) is 0.603. The largest absolute Gasteiger partial charge is 0.465 e. The molecular formula is C20H21N3O7S. The smallest absolute Gasteiger partial charge is 0.340 e. The van der Waals surface area contributed by atoms with Gasteiger partial charge in [0.1, 0.15) is 12.4 Å². The van der Waals surface area contributed by atoms with Gasteiger partial charge in [-0.1, -0.05) is 18.2 Å². The first-order valence-corrected chi connectivity index (χ1v) is 11.1. The van der Waals surface area contributed by atoms with Gasteiger partial charge in [-0.05, 0) is 31.2 Å². The average Bonchev–Trinajstić information content (AvgIpc) is 2.75. The fourth-order valence-corrected chi connectivity index (χ4v) is 3.85. The molecule has 31 heavy (non-hydrogen) atoms. The third-order valence-electron chi connectivity index (χ3n) is 4.35. The van der Waals surface area contributed by atoms with Crippen LogP contribution in [0.3, 0.4) is 0 Å². The molecule has 2 aliphatic heterocycles. The number of nitrogens with zero attached hydrogens (tertiary/aromatic N) is 3. The van der Waals surface area contributed by atoms with Crippen molar-refractivity contribution in [1.82, 2.24) is 4.90 Å². The zero-order valence-electron chi connectivity index (χ0n) is 16.8. The molecule has 1 amide bonds. The number of fused-ring (bicyclic) bond motifs is 1. The van der Waals surface area contributed by atoms with Crippen LogP contribution in [0.15, 0.2) is 58.7 Å². The van der Waals surface area contributed by atoms with Crippen LogP contribution in [0.5, 0.6) is 0 Å². The topological polar surface area (TPSA) is 123 Å². The quantitative estimate of drug-likeness (QED) is 0.558. The molecule has 3 rings (SSSR count). The van der Waals surface area contributed by atoms with Crippen molar-refractivity contribution in [2.75, 3.05) is 37.0 Å². The normalized spacial score (nSPS) is 16.5. The number of para-hydroxylation sites is 1. The van der Waals surface area contributed by atoms with Crippen molar-refractivity contribution >= 4 is 39.4 Å². The van der Waals surface area contributed by atoms with Gasteiger partial charge in [-0.25, -0.2) is 13.2 Å². The molecule has 0 bridgehead atoms. The van der Waals surface area contributed by atoms with Crippen LogP contribution in [0.4, 0.5) is 5.69 Å². The molecule has 10 nitrogen and oxygen atoms in total. The molecule has 0 N–H and O–H groups in total. The molecule has 0 spiro atoms. The highest BCUT2D eigenvalue weighted by atomic mass is 32.2. The lowest BCUT2D eigenvalue weighted by Crippen LogP contribution is -2.39. The third-order valence-corrected chi connectivity index (χ3v) is 5.51. The number of esters is 2. The number of carbonyl (C=O) groups excluding carboxylic acids is 3. The van der Waals surface area contributed by atoms with E-state index in [0.29, 0.717) is 5.69 Å². The Morgan fingerprint density at radius 3 is 2.58 bits per heavy atom. The van der Waals surface area contributed by atoms with Crippen molar-refractivity contribution in [2.45, 2.75) is 6.92 Å². The molecule has 0 saturated carbocycles. The van der Waals surface area contributed by atoms with Gasteiger partial charge in [-0.2, -0.15) is 0 Å². The van der Waals surface area contributed by atoms with Crippen LogP contribution in [0.1, 0.15) is 6.92 Å². The minimum atomic E-state index is -3.50. The molecular weight excluding hydrogens is 426 g/mol. The summed E-state index contributed by atoms with van der Waals surface area (Å²) in [5, 5.41) is 0.